The minimum atomic E-state index is -0.619. The molecule has 0 saturated heterocycles. The molecule has 0 aliphatic rings. The fraction of sp³-hybridized carbons (Fsp3) is 0.174. The Morgan fingerprint density at radius 1 is 1.00 bits per heavy atom. The minimum absolute atomic E-state index is 0.514. The number of aromatic nitrogens is 3. The van der Waals surface area contributed by atoms with E-state index in [1.807, 2.05) is 87.5 Å². The molecule has 0 saturated carbocycles. The number of rotatable bonds is 3. The summed E-state index contributed by atoms with van der Waals surface area (Å²) in [6.45, 7) is 5.51. The summed E-state index contributed by atoms with van der Waals surface area (Å²) in [4.78, 5) is 17.1. The van der Waals surface area contributed by atoms with Crippen molar-refractivity contribution in [2.24, 2.45) is 0 Å². The van der Waals surface area contributed by atoms with Crippen LogP contribution in [0.4, 0.5) is 16.3 Å². The summed E-state index contributed by atoms with van der Waals surface area (Å²) < 4.78 is 6.89. The topological polar surface area (TPSA) is 69.0 Å². The lowest BCUT2D eigenvalue weighted by molar-refractivity contribution is 0.0523. The Labute approximate surface area is 169 Å². The molecular formula is C23H22N4O2. The normalized spacial score (nSPS) is 11.4. The number of pyridine rings is 1. The maximum absolute atomic E-state index is 12.8. The molecular weight excluding hydrogens is 364 g/mol. The fourth-order valence-electron chi connectivity index (χ4n) is 3.03. The van der Waals surface area contributed by atoms with Gasteiger partial charge in [-0.3, -0.25) is 0 Å². The van der Waals surface area contributed by atoms with Crippen LogP contribution in [0.1, 0.15) is 20.8 Å². The zero-order chi connectivity index (χ0) is 20.4. The van der Waals surface area contributed by atoms with E-state index in [1.54, 1.807) is 6.20 Å². The van der Waals surface area contributed by atoms with Gasteiger partial charge in [0.2, 0.25) is 0 Å². The van der Waals surface area contributed by atoms with Crippen molar-refractivity contribution >= 4 is 28.5 Å². The maximum Gasteiger partial charge on any atom is 0.435 e. The molecule has 2 aromatic carbocycles. The molecule has 29 heavy (non-hydrogen) atoms. The van der Waals surface area contributed by atoms with Gasteiger partial charge in [-0.05, 0) is 51.1 Å². The molecule has 2 heterocycles. The molecule has 0 fully saturated rings. The van der Waals surface area contributed by atoms with E-state index < -0.39 is 11.7 Å². The van der Waals surface area contributed by atoms with Crippen molar-refractivity contribution in [3.63, 3.8) is 0 Å². The number of carbonyl (C=O) groups excluding carboxylic acids is 1. The highest BCUT2D eigenvalue weighted by Gasteiger charge is 2.23. The molecule has 6 heteroatoms. The van der Waals surface area contributed by atoms with Crippen LogP contribution in [0.5, 0.6) is 0 Å². The number of nitrogens with one attached hydrogen (secondary N) is 1. The minimum Gasteiger partial charge on any atom is -0.442 e. The molecule has 4 aromatic rings. The summed E-state index contributed by atoms with van der Waals surface area (Å²) in [5.74, 6) is 0.721. The molecule has 0 unspecified atom stereocenters. The van der Waals surface area contributed by atoms with Crippen molar-refractivity contribution in [3.05, 3.63) is 72.9 Å². The summed E-state index contributed by atoms with van der Waals surface area (Å²) in [5, 5.41) is 8.71. The smallest absolute Gasteiger partial charge is 0.435 e. The highest BCUT2D eigenvalue weighted by Crippen LogP contribution is 2.31. The van der Waals surface area contributed by atoms with Gasteiger partial charge in [0.25, 0.3) is 0 Å². The second kappa shape index (κ2) is 7.39. The third kappa shape index (κ3) is 4.11. The van der Waals surface area contributed by atoms with Crippen molar-refractivity contribution < 1.29 is 9.53 Å². The Morgan fingerprint density at radius 2 is 1.76 bits per heavy atom. The molecule has 0 atom stereocenters. The SMILES string of the molecule is CC(C)(C)OC(=O)n1nc(-c2ccccc2)c2ccc(Nc3ccccn3)cc21. The molecule has 6 nitrogen and oxygen atoms in total. The van der Waals surface area contributed by atoms with Crippen LogP contribution in [-0.4, -0.2) is 26.5 Å². The number of fused-ring (bicyclic) bond motifs is 1. The number of hydrogen-bond donors (Lipinski definition) is 1. The number of hydrogen-bond acceptors (Lipinski definition) is 5. The Bertz CT molecular complexity index is 1150. The second-order valence-electron chi connectivity index (χ2n) is 7.68. The van der Waals surface area contributed by atoms with Gasteiger partial charge in [-0.2, -0.15) is 9.78 Å². The van der Waals surface area contributed by atoms with Crippen LogP contribution in [0, 0.1) is 0 Å². The summed E-state index contributed by atoms with van der Waals surface area (Å²) in [7, 11) is 0. The molecule has 4 rings (SSSR count). The maximum atomic E-state index is 12.8. The van der Waals surface area contributed by atoms with Crippen molar-refractivity contribution in [2.75, 3.05) is 5.32 Å². The van der Waals surface area contributed by atoms with Gasteiger partial charge >= 0.3 is 6.09 Å². The molecule has 0 spiro atoms. The van der Waals surface area contributed by atoms with E-state index in [0.717, 1.165) is 28.1 Å². The van der Waals surface area contributed by atoms with Crippen LogP contribution < -0.4 is 5.32 Å². The van der Waals surface area contributed by atoms with Crippen LogP contribution in [0.3, 0.4) is 0 Å². The first kappa shape index (κ1) is 18.7. The molecule has 1 N–H and O–H groups in total. The summed E-state index contributed by atoms with van der Waals surface area (Å²) in [6, 6.07) is 21.2. The molecule has 0 aliphatic carbocycles. The molecule has 0 bridgehead atoms. The zero-order valence-corrected chi connectivity index (χ0v) is 16.6. The van der Waals surface area contributed by atoms with Crippen molar-refractivity contribution in [2.45, 2.75) is 26.4 Å². The quantitative estimate of drug-likeness (QED) is 0.494. The van der Waals surface area contributed by atoms with E-state index in [-0.39, 0.29) is 0 Å². The van der Waals surface area contributed by atoms with Gasteiger partial charge in [0, 0.05) is 22.8 Å². The van der Waals surface area contributed by atoms with E-state index in [2.05, 4.69) is 15.4 Å². The van der Waals surface area contributed by atoms with Crippen LogP contribution in [0.25, 0.3) is 22.2 Å². The fourth-order valence-corrected chi connectivity index (χ4v) is 3.03. The van der Waals surface area contributed by atoms with E-state index in [9.17, 15) is 4.79 Å². The Balaban J connectivity index is 1.82. The van der Waals surface area contributed by atoms with Gasteiger partial charge in [-0.25, -0.2) is 9.78 Å². The van der Waals surface area contributed by atoms with Gasteiger partial charge in [-0.15, -0.1) is 0 Å². The van der Waals surface area contributed by atoms with Gasteiger partial charge in [0.15, 0.2) is 0 Å². The summed E-state index contributed by atoms with van der Waals surface area (Å²) in [5.41, 5.74) is 2.52. The van der Waals surface area contributed by atoms with Gasteiger partial charge in [0.1, 0.15) is 17.1 Å². The predicted octanol–water partition coefficient (Wildman–Crippen LogP) is 5.63. The zero-order valence-electron chi connectivity index (χ0n) is 16.6. The summed E-state index contributed by atoms with van der Waals surface area (Å²) >= 11 is 0. The van der Waals surface area contributed by atoms with E-state index in [4.69, 9.17) is 4.74 Å². The predicted molar refractivity (Wildman–Crippen MR) is 114 cm³/mol. The van der Waals surface area contributed by atoms with Crippen LogP contribution in [0.2, 0.25) is 0 Å². The lowest BCUT2D eigenvalue weighted by atomic mass is 10.1. The van der Waals surface area contributed by atoms with Crippen molar-refractivity contribution in [1.82, 2.24) is 14.8 Å². The number of nitrogens with zero attached hydrogens (tertiary/aromatic N) is 3. The molecule has 0 radical (unpaired) electrons. The standard InChI is InChI=1S/C23H22N4O2/c1-23(2,3)29-22(28)27-19-15-17(25-20-11-7-8-14-24-20)12-13-18(19)21(26-27)16-9-5-4-6-10-16/h4-15H,1-3H3,(H,24,25). The average molecular weight is 386 g/mol. The molecule has 2 aromatic heterocycles. The second-order valence-corrected chi connectivity index (χ2v) is 7.68. The van der Waals surface area contributed by atoms with E-state index in [1.165, 1.54) is 4.68 Å². The number of ether oxygens (including phenoxy) is 1. The van der Waals surface area contributed by atoms with Crippen molar-refractivity contribution in [1.29, 1.82) is 0 Å². The third-order valence-corrected chi connectivity index (χ3v) is 4.23. The van der Waals surface area contributed by atoms with Gasteiger partial charge in [0.05, 0.1) is 5.52 Å². The third-order valence-electron chi connectivity index (χ3n) is 4.23. The molecule has 0 aliphatic heterocycles. The first-order valence-electron chi connectivity index (χ1n) is 9.40. The molecule has 146 valence electrons. The number of anilines is 2. The lowest BCUT2D eigenvalue weighted by Gasteiger charge is -2.19. The van der Waals surface area contributed by atoms with E-state index in [0.29, 0.717) is 5.52 Å². The van der Waals surface area contributed by atoms with Crippen molar-refractivity contribution in [3.8, 4) is 11.3 Å². The average Bonchev–Trinajstić information content (AvgIpc) is 3.07. The monoisotopic (exact) mass is 386 g/mol. The largest absolute Gasteiger partial charge is 0.442 e. The highest BCUT2D eigenvalue weighted by molar-refractivity contribution is 5.99. The van der Waals surface area contributed by atoms with Gasteiger partial charge < -0.3 is 10.1 Å². The number of benzene rings is 2. The Morgan fingerprint density at radius 3 is 2.45 bits per heavy atom. The van der Waals surface area contributed by atoms with Crippen LogP contribution >= 0.6 is 0 Å². The highest BCUT2D eigenvalue weighted by atomic mass is 16.6. The summed E-state index contributed by atoms with van der Waals surface area (Å²) in [6.07, 6.45) is 1.21. The first-order valence-corrected chi connectivity index (χ1v) is 9.40. The van der Waals surface area contributed by atoms with Crippen LogP contribution in [-0.2, 0) is 4.74 Å². The Hall–Kier alpha value is -3.67. The van der Waals surface area contributed by atoms with Gasteiger partial charge in [-0.1, -0.05) is 36.4 Å². The lowest BCUT2D eigenvalue weighted by Crippen LogP contribution is -2.27. The van der Waals surface area contributed by atoms with Crippen LogP contribution in [0.15, 0.2) is 72.9 Å². The first-order chi connectivity index (χ1) is 13.9. The Kier molecular flexibility index (Phi) is 4.76. The number of carbonyl (C=O) groups is 1. The van der Waals surface area contributed by atoms with E-state index >= 15 is 0 Å². The molecule has 0 amide bonds.